The van der Waals surface area contributed by atoms with Crippen LogP contribution in [0.3, 0.4) is 0 Å². The molecule has 0 saturated carbocycles. The van der Waals surface area contributed by atoms with Gasteiger partial charge in [0, 0.05) is 55.4 Å². The fraction of sp³-hybridized carbons (Fsp3) is 0.452. The lowest BCUT2D eigenvalue weighted by Gasteiger charge is -2.43. The van der Waals surface area contributed by atoms with Crippen molar-refractivity contribution < 1.29 is 42.8 Å². The van der Waals surface area contributed by atoms with Crippen molar-refractivity contribution in [3.05, 3.63) is 94.2 Å². The van der Waals surface area contributed by atoms with Gasteiger partial charge in [-0.2, -0.15) is 4.98 Å². The maximum atomic E-state index is 15.1. The fourth-order valence-electron chi connectivity index (χ4n) is 7.48. The zero-order valence-electron chi connectivity index (χ0n) is 35.6. The molecule has 0 bridgehead atoms. The van der Waals surface area contributed by atoms with E-state index in [2.05, 4.69) is 20.6 Å². The smallest absolute Gasteiger partial charge is 0.410 e. The maximum absolute atomic E-state index is 15.1. The van der Waals surface area contributed by atoms with Crippen molar-refractivity contribution in [2.75, 3.05) is 52.0 Å². The number of nitro groups is 1. The molecular weight excluding hydrogens is 803 g/mol. The molecule has 20 nitrogen and oxygen atoms in total. The van der Waals surface area contributed by atoms with Gasteiger partial charge >= 0.3 is 12.0 Å². The first-order valence-corrected chi connectivity index (χ1v) is 20.4. The molecule has 6 rings (SSSR count). The molecule has 2 unspecified atom stereocenters. The highest BCUT2D eigenvalue weighted by Crippen LogP contribution is 2.35. The number of rotatable bonds is 16. The molecule has 2 aliphatic heterocycles. The van der Waals surface area contributed by atoms with Gasteiger partial charge in [0.15, 0.2) is 11.5 Å². The number of nitrogens with one attached hydrogen (secondary N) is 2. The summed E-state index contributed by atoms with van der Waals surface area (Å²) in [7, 11) is 3.30. The second-order valence-electron chi connectivity index (χ2n) is 16.5. The van der Waals surface area contributed by atoms with E-state index < -0.39 is 46.2 Å². The summed E-state index contributed by atoms with van der Waals surface area (Å²) in [4.78, 5) is 83.6. The Morgan fingerprint density at radius 2 is 1.84 bits per heavy atom. The molecule has 1 fully saturated rings. The molecule has 0 spiro atoms. The number of unbranched alkanes of at least 4 members (excludes halogenated alkanes) is 1. The number of ether oxygens (including phenoxy) is 3. The Kier molecular flexibility index (Phi) is 14.1. The second-order valence-corrected chi connectivity index (χ2v) is 16.5. The van der Waals surface area contributed by atoms with Crippen LogP contribution in [0.15, 0.2) is 67.4 Å². The molecule has 4 aromatic rings. The van der Waals surface area contributed by atoms with Gasteiger partial charge in [0.1, 0.15) is 30.8 Å². The molecule has 62 heavy (non-hydrogen) atoms. The average molecular weight is 857 g/mol. The van der Waals surface area contributed by atoms with Gasteiger partial charge < -0.3 is 35.1 Å². The van der Waals surface area contributed by atoms with E-state index in [1.807, 2.05) is 4.90 Å². The number of benzene rings is 2. The van der Waals surface area contributed by atoms with Gasteiger partial charge in [-0.1, -0.05) is 6.42 Å². The van der Waals surface area contributed by atoms with Gasteiger partial charge in [-0.25, -0.2) is 19.6 Å². The summed E-state index contributed by atoms with van der Waals surface area (Å²) in [5.74, 6) is 0.264. The van der Waals surface area contributed by atoms with Crippen LogP contribution in [-0.2, 0) is 27.4 Å². The van der Waals surface area contributed by atoms with Crippen LogP contribution >= 0.6 is 0 Å². The first-order chi connectivity index (χ1) is 29.6. The van der Waals surface area contributed by atoms with Gasteiger partial charge in [-0.15, -0.1) is 0 Å². The summed E-state index contributed by atoms with van der Waals surface area (Å²) < 4.78 is 18.2. The highest BCUT2D eigenvalue weighted by Gasteiger charge is 2.41. The lowest BCUT2D eigenvalue weighted by Crippen LogP contribution is -2.58. The molecule has 0 aliphatic carbocycles. The van der Waals surface area contributed by atoms with E-state index in [9.17, 15) is 24.5 Å². The van der Waals surface area contributed by atoms with Crippen molar-refractivity contribution in [2.45, 2.75) is 77.2 Å². The Morgan fingerprint density at radius 3 is 2.55 bits per heavy atom. The van der Waals surface area contributed by atoms with E-state index in [0.29, 0.717) is 61.2 Å². The fourth-order valence-corrected chi connectivity index (χ4v) is 7.48. The van der Waals surface area contributed by atoms with Crippen LogP contribution in [0.4, 0.5) is 16.3 Å². The lowest BCUT2D eigenvalue weighted by atomic mass is 10.0. The van der Waals surface area contributed by atoms with Gasteiger partial charge in [0.25, 0.3) is 11.6 Å². The number of nitrogens with two attached hydrogens (primary N) is 1. The average Bonchev–Trinajstić information content (AvgIpc) is 3.95. The topological polar surface area (TPSA) is 239 Å². The number of hydrogen-bond donors (Lipinski definition) is 3. The van der Waals surface area contributed by atoms with Gasteiger partial charge in [0.05, 0.1) is 36.0 Å². The van der Waals surface area contributed by atoms with Crippen LogP contribution in [-0.4, -0.2) is 122 Å². The quantitative estimate of drug-likeness (QED) is 0.0633. The number of carbonyl (C=O) groups is 4. The van der Waals surface area contributed by atoms with E-state index in [1.54, 1.807) is 93.5 Å². The molecule has 330 valence electrons. The summed E-state index contributed by atoms with van der Waals surface area (Å²) in [6, 6.07) is 9.74. The minimum absolute atomic E-state index is 0.0444. The Labute approximate surface area is 359 Å². The predicted octanol–water partition coefficient (Wildman–Crippen LogP) is 3.46. The van der Waals surface area contributed by atoms with Crippen LogP contribution in [0, 0.1) is 10.1 Å². The number of nitro benzene ring substituents is 1. The standard InChI is InChI=1S/C42H53N11O9/c1-42(2,3)62-41(57)49-18-19-51(36-13-15-46-40(47-36)50-17-16-45-26-50)31(23-49)22-37(54)53(5,24-28-9-12-34-35(20-28)61-27-60-34)25-30-11-10-29(21-33(30)52(58)59)38(55)48-39(56)32(44-4)8-6-7-14-43/h9-13,15-17,20-21,26,31-32,44H,6-8,14,18-19,22-25,27,43H2,1-5H3/p+1/t31?,32-,53?/m0/s1. The van der Waals surface area contributed by atoms with E-state index in [1.165, 1.54) is 12.1 Å². The first kappa shape index (κ1) is 45.0. The Bertz CT molecular complexity index is 2270. The number of carbonyl (C=O) groups excluding carboxylic acids is 4. The summed E-state index contributed by atoms with van der Waals surface area (Å²) >= 11 is 0. The summed E-state index contributed by atoms with van der Waals surface area (Å²) in [5, 5.41) is 17.9. The van der Waals surface area contributed by atoms with E-state index in [-0.39, 0.29) is 60.9 Å². The molecule has 4 heterocycles. The van der Waals surface area contributed by atoms with Crippen molar-refractivity contribution in [3.63, 3.8) is 0 Å². The molecule has 4 amide bonds. The van der Waals surface area contributed by atoms with Crippen molar-refractivity contribution in [1.82, 2.24) is 35.1 Å². The molecule has 20 heteroatoms. The molecule has 0 radical (unpaired) electrons. The lowest BCUT2D eigenvalue weighted by molar-refractivity contribution is -0.862. The number of imidazole rings is 1. The molecule has 2 aromatic carbocycles. The van der Waals surface area contributed by atoms with Gasteiger partial charge in [0.2, 0.25) is 18.6 Å². The third-order valence-corrected chi connectivity index (χ3v) is 10.7. The van der Waals surface area contributed by atoms with Crippen molar-refractivity contribution in [3.8, 4) is 17.4 Å². The minimum Gasteiger partial charge on any atom is -0.454 e. The number of nitrogens with zero attached hydrogens (tertiary/aromatic N) is 8. The number of anilines is 1. The number of quaternary nitrogens is 1. The summed E-state index contributed by atoms with van der Waals surface area (Å²) in [6.45, 7) is 6.48. The normalized spacial score (nSPS) is 16.3. The van der Waals surface area contributed by atoms with E-state index >= 15 is 4.79 Å². The Balaban J connectivity index is 1.32. The molecule has 3 atom stereocenters. The summed E-state index contributed by atoms with van der Waals surface area (Å²) in [5.41, 5.74) is 5.22. The van der Waals surface area contributed by atoms with Gasteiger partial charge in [-0.05, 0) is 83.6 Å². The molecule has 4 N–H and O–H groups in total. The highest BCUT2D eigenvalue weighted by atomic mass is 16.7. The second kappa shape index (κ2) is 19.5. The van der Waals surface area contributed by atoms with Crippen LogP contribution in [0.25, 0.3) is 5.95 Å². The van der Waals surface area contributed by atoms with Crippen molar-refractivity contribution in [2.24, 2.45) is 5.73 Å². The first-order valence-electron chi connectivity index (χ1n) is 20.4. The number of piperazine rings is 1. The Hall–Kier alpha value is -6.51. The SMILES string of the molecule is CN[C@@H](CCCCN)C(=O)NC(=O)c1ccc(C[N+](C)(Cc2ccc3c(c2)OCO3)C(=O)CC2CN(C(=O)OC(C)(C)C)CCN2c2ccnc(-n3ccnc3)n2)c([N+](=O)[O-])c1. The number of imide groups is 1. The van der Waals surface area contributed by atoms with Gasteiger partial charge in [-0.3, -0.25) is 34.1 Å². The largest absolute Gasteiger partial charge is 0.454 e. The predicted molar refractivity (Wildman–Crippen MR) is 225 cm³/mol. The number of fused-ring (bicyclic) bond motifs is 1. The number of amides is 4. The zero-order valence-corrected chi connectivity index (χ0v) is 35.6. The number of aromatic nitrogens is 4. The highest BCUT2D eigenvalue weighted by molar-refractivity contribution is 6.06. The Morgan fingerprint density at radius 1 is 1.05 bits per heavy atom. The monoisotopic (exact) mass is 856 g/mol. The van der Waals surface area contributed by atoms with E-state index in [0.717, 1.165) is 6.07 Å². The van der Waals surface area contributed by atoms with Crippen LogP contribution in [0.2, 0.25) is 0 Å². The van der Waals surface area contributed by atoms with Crippen LogP contribution in [0.1, 0.15) is 67.9 Å². The number of likely N-dealkylation sites (N-methyl/N-ethyl adjacent to an activating group) is 1. The molecular formula is C42H54N11O9+. The third kappa shape index (κ3) is 11.0. The van der Waals surface area contributed by atoms with Crippen LogP contribution in [0.5, 0.6) is 11.5 Å². The number of hydrogen-bond acceptors (Lipinski definition) is 15. The molecule has 2 aliphatic rings. The van der Waals surface area contributed by atoms with E-state index in [4.69, 9.17) is 24.9 Å². The third-order valence-electron chi connectivity index (χ3n) is 10.7. The van der Waals surface area contributed by atoms with Crippen molar-refractivity contribution >= 4 is 35.3 Å². The minimum atomic E-state index is -0.801. The maximum Gasteiger partial charge on any atom is 0.410 e. The zero-order chi connectivity index (χ0) is 44.6. The summed E-state index contributed by atoms with van der Waals surface area (Å²) in [6.07, 6.45) is 7.69. The molecule has 2 aromatic heterocycles. The molecule has 1 saturated heterocycles. The van der Waals surface area contributed by atoms with Crippen molar-refractivity contribution in [1.29, 1.82) is 0 Å². The van der Waals surface area contributed by atoms with Crippen LogP contribution < -0.4 is 30.7 Å².